The maximum atomic E-state index is 5.28. The second kappa shape index (κ2) is 11.8. The molecular weight excluding hydrogens is 353 g/mol. The van der Waals surface area contributed by atoms with Crippen molar-refractivity contribution in [3.8, 4) is 0 Å². The number of ether oxygens (including phenoxy) is 1. The molecule has 1 unspecified atom stereocenters. The highest BCUT2D eigenvalue weighted by atomic mass is 127. The van der Waals surface area contributed by atoms with Crippen LogP contribution < -0.4 is 10.6 Å². The number of hydrogen-bond donors (Lipinski definition) is 2. The van der Waals surface area contributed by atoms with Gasteiger partial charge in [0.15, 0.2) is 5.96 Å². The smallest absolute Gasteiger partial charge is 0.191 e. The van der Waals surface area contributed by atoms with Gasteiger partial charge in [0.25, 0.3) is 0 Å². The van der Waals surface area contributed by atoms with Gasteiger partial charge in [0, 0.05) is 26.2 Å². The van der Waals surface area contributed by atoms with Gasteiger partial charge in [-0.1, -0.05) is 20.8 Å². The number of guanidine groups is 1. The van der Waals surface area contributed by atoms with Crippen molar-refractivity contribution in [3.63, 3.8) is 0 Å². The molecule has 5 heteroatoms. The van der Waals surface area contributed by atoms with Crippen LogP contribution in [0.2, 0.25) is 0 Å². The Morgan fingerprint density at radius 3 is 2.42 bits per heavy atom. The van der Waals surface area contributed by atoms with E-state index in [-0.39, 0.29) is 24.0 Å². The Labute approximate surface area is 136 Å². The molecule has 0 rings (SSSR count). The van der Waals surface area contributed by atoms with Crippen LogP contribution in [-0.4, -0.2) is 38.8 Å². The molecule has 0 heterocycles. The molecule has 0 spiro atoms. The van der Waals surface area contributed by atoms with Crippen molar-refractivity contribution in [1.82, 2.24) is 10.6 Å². The Morgan fingerprint density at radius 2 is 1.95 bits per heavy atom. The van der Waals surface area contributed by atoms with Crippen LogP contribution in [0.5, 0.6) is 0 Å². The molecule has 0 aliphatic carbocycles. The van der Waals surface area contributed by atoms with E-state index in [1.165, 1.54) is 6.42 Å². The first-order valence-electron chi connectivity index (χ1n) is 6.94. The molecule has 0 saturated carbocycles. The largest absolute Gasteiger partial charge is 0.380 e. The first-order chi connectivity index (χ1) is 8.39. The molecule has 0 saturated heterocycles. The monoisotopic (exact) mass is 385 g/mol. The summed E-state index contributed by atoms with van der Waals surface area (Å²) in [5.74, 6) is 0.858. The topological polar surface area (TPSA) is 45.6 Å². The molecular formula is C14H32IN3O. The molecule has 0 aliphatic heterocycles. The first-order valence-corrected chi connectivity index (χ1v) is 6.94. The maximum absolute atomic E-state index is 5.28. The van der Waals surface area contributed by atoms with E-state index >= 15 is 0 Å². The van der Waals surface area contributed by atoms with Gasteiger partial charge in [-0.05, 0) is 32.1 Å². The van der Waals surface area contributed by atoms with Gasteiger partial charge in [-0.15, -0.1) is 24.0 Å². The third-order valence-corrected chi connectivity index (χ3v) is 2.68. The Hall–Kier alpha value is -0.0400. The number of rotatable bonds is 7. The molecule has 0 amide bonds. The fraction of sp³-hybridized carbons (Fsp3) is 0.929. The Bertz CT molecular complexity index is 239. The minimum Gasteiger partial charge on any atom is -0.380 e. The molecule has 0 aromatic heterocycles. The molecule has 0 aromatic rings. The minimum absolute atomic E-state index is 0. The second-order valence-electron chi connectivity index (χ2n) is 5.84. The third kappa shape index (κ3) is 14.2. The van der Waals surface area contributed by atoms with Gasteiger partial charge in [0.05, 0.1) is 6.61 Å². The van der Waals surface area contributed by atoms with Crippen LogP contribution in [0.1, 0.15) is 47.5 Å². The van der Waals surface area contributed by atoms with Crippen LogP contribution in [0.4, 0.5) is 0 Å². The van der Waals surface area contributed by atoms with Crippen molar-refractivity contribution in [2.24, 2.45) is 10.4 Å². The van der Waals surface area contributed by atoms with Crippen LogP contribution in [0, 0.1) is 5.41 Å². The zero-order chi connectivity index (χ0) is 14.0. The van der Waals surface area contributed by atoms with Gasteiger partial charge in [-0.2, -0.15) is 0 Å². The van der Waals surface area contributed by atoms with Crippen LogP contribution in [-0.2, 0) is 4.74 Å². The highest BCUT2D eigenvalue weighted by molar-refractivity contribution is 14.0. The Morgan fingerprint density at radius 1 is 1.32 bits per heavy atom. The van der Waals surface area contributed by atoms with Crippen molar-refractivity contribution in [3.05, 3.63) is 0 Å². The minimum atomic E-state index is 0. The molecule has 0 fully saturated rings. The average Bonchev–Trinajstić information content (AvgIpc) is 2.29. The molecule has 0 radical (unpaired) electrons. The maximum Gasteiger partial charge on any atom is 0.191 e. The van der Waals surface area contributed by atoms with E-state index in [9.17, 15) is 0 Å². The van der Waals surface area contributed by atoms with E-state index in [0.717, 1.165) is 25.5 Å². The summed E-state index contributed by atoms with van der Waals surface area (Å²) >= 11 is 0. The number of aliphatic imine (C=N–C) groups is 1. The number of nitrogens with zero attached hydrogens (tertiary/aromatic N) is 1. The van der Waals surface area contributed by atoms with E-state index in [4.69, 9.17) is 4.74 Å². The summed E-state index contributed by atoms with van der Waals surface area (Å²) in [5.41, 5.74) is 0.391. The molecule has 116 valence electrons. The molecule has 0 aromatic carbocycles. The normalized spacial score (nSPS) is 13.7. The molecule has 0 aliphatic rings. The first kappa shape index (κ1) is 21.3. The summed E-state index contributed by atoms with van der Waals surface area (Å²) in [6, 6.07) is 0.433. The Balaban J connectivity index is 0. The highest BCUT2D eigenvalue weighted by Crippen LogP contribution is 2.21. The van der Waals surface area contributed by atoms with Gasteiger partial charge < -0.3 is 15.4 Å². The van der Waals surface area contributed by atoms with E-state index in [1.54, 1.807) is 7.05 Å². The number of nitrogens with one attached hydrogen (secondary N) is 2. The summed E-state index contributed by atoms with van der Waals surface area (Å²) in [6.07, 6.45) is 2.35. The lowest BCUT2D eigenvalue weighted by Crippen LogP contribution is -2.43. The molecule has 0 bridgehead atoms. The summed E-state index contributed by atoms with van der Waals surface area (Å²) in [5, 5.41) is 6.65. The van der Waals surface area contributed by atoms with Crippen molar-refractivity contribution >= 4 is 29.9 Å². The summed E-state index contributed by atoms with van der Waals surface area (Å²) < 4.78 is 5.28. The fourth-order valence-corrected chi connectivity index (χ4v) is 1.54. The third-order valence-electron chi connectivity index (χ3n) is 2.68. The quantitative estimate of drug-likeness (QED) is 0.307. The molecule has 2 N–H and O–H groups in total. The SMILES string of the molecule is CCOCCNC(=NC)NC(C)CCC(C)(C)C.I. The van der Waals surface area contributed by atoms with E-state index in [1.807, 2.05) is 6.92 Å². The van der Waals surface area contributed by atoms with Crippen molar-refractivity contribution in [2.75, 3.05) is 26.8 Å². The average molecular weight is 385 g/mol. The lowest BCUT2D eigenvalue weighted by Gasteiger charge is -2.23. The van der Waals surface area contributed by atoms with Gasteiger partial charge in [-0.25, -0.2) is 0 Å². The lowest BCUT2D eigenvalue weighted by atomic mass is 9.89. The summed E-state index contributed by atoms with van der Waals surface area (Å²) in [6.45, 7) is 13.3. The molecule has 1 atom stereocenters. The zero-order valence-corrected chi connectivity index (χ0v) is 15.7. The molecule has 19 heavy (non-hydrogen) atoms. The molecule has 4 nitrogen and oxygen atoms in total. The Kier molecular flexibility index (Phi) is 13.2. The van der Waals surface area contributed by atoms with E-state index in [0.29, 0.717) is 18.1 Å². The number of hydrogen-bond acceptors (Lipinski definition) is 2. The predicted octanol–water partition coefficient (Wildman–Crippen LogP) is 3.02. The summed E-state index contributed by atoms with van der Waals surface area (Å²) in [4.78, 5) is 4.21. The number of halogens is 1. The standard InChI is InChI=1S/C14H31N3O.HI/c1-7-18-11-10-16-13(15-6)17-12(2)8-9-14(3,4)5;/h12H,7-11H2,1-6H3,(H2,15,16,17);1H. The zero-order valence-electron chi connectivity index (χ0n) is 13.4. The van der Waals surface area contributed by atoms with Crippen molar-refractivity contribution in [1.29, 1.82) is 0 Å². The van der Waals surface area contributed by atoms with Crippen molar-refractivity contribution in [2.45, 2.75) is 53.5 Å². The summed E-state index contributed by atoms with van der Waals surface area (Å²) in [7, 11) is 1.80. The predicted molar refractivity (Wildman–Crippen MR) is 94.6 cm³/mol. The lowest BCUT2D eigenvalue weighted by molar-refractivity contribution is 0.152. The second-order valence-corrected chi connectivity index (χ2v) is 5.84. The highest BCUT2D eigenvalue weighted by Gasteiger charge is 2.13. The van der Waals surface area contributed by atoms with Crippen molar-refractivity contribution < 1.29 is 4.74 Å². The van der Waals surface area contributed by atoms with Gasteiger partial charge >= 0.3 is 0 Å². The van der Waals surface area contributed by atoms with Gasteiger partial charge in [0.2, 0.25) is 0 Å². The van der Waals surface area contributed by atoms with E-state index < -0.39 is 0 Å². The fourth-order valence-electron chi connectivity index (χ4n) is 1.54. The van der Waals surface area contributed by atoms with Crippen LogP contribution in [0.25, 0.3) is 0 Å². The van der Waals surface area contributed by atoms with Crippen LogP contribution >= 0.6 is 24.0 Å². The van der Waals surface area contributed by atoms with Gasteiger partial charge in [0.1, 0.15) is 0 Å². The van der Waals surface area contributed by atoms with Crippen LogP contribution in [0.15, 0.2) is 4.99 Å². The van der Waals surface area contributed by atoms with Crippen LogP contribution in [0.3, 0.4) is 0 Å². The van der Waals surface area contributed by atoms with Gasteiger partial charge in [-0.3, -0.25) is 4.99 Å². The van der Waals surface area contributed by atoms with E-state index in [2.05, 4.69) is 43.3 Å².